The number of hydrogen-bond acceptors (Lipinski definition) is 7. The van der Waals surface area contributed by atoms with Gasteiger partial charge in [-0.05, 0) is 47.1 Å². The first-order valence-corrected chi connectivity index (χ1v) is 8.14. The highest BCUT2D eigenvalue weighted by molar-refractivity contribution is 5.80. The van der Waals surface area contributed by atoms with Crippen LogP contribution in [0.4, 0.5) is 0 Å². The van der Waals surface area contributed by atoms with Crippen LogP contribution in [0.15, 0.2) is 0 Å². The maximum absolute atomic E-state index is 11.9. The Balaban J connectivity index is 3.58. The van der Waals surface area contributed by atoms with Crippen molar-refractivity contribution >= 4 is 5.97 Å². The summed E-state index contributed by atoms with van der Waals surface area (Å²) in [4.78, 5) is 11.9. The molecule has 0 heterocycles. The van der Waals surface area contributed by atoms with Crippen molar-refractivity contribution in [2.24, 2.45) is 11.5 Å². The Morgan fingerprint density at radius 1 is 0.870 bits per heavy atom. The Morgan fingerprint density at radius 2 is 1.35 bits per heavy atom. The van der Waals surface area contributed by atoms with Crippen LogP contribution in [0.1, 0.15) is 40.5 Å². The van der Waals surface area contributed by atoms with E-state index in [-0.39, 0.29) is 0 Å². The van der Waals surface area contributed by atoms with Crippen molar-refractivity contribution in [3.05, 3.63) is 0 Å². The topological polar surface area (TPSA) is 106 Å². The third kappa shape index (κ3) is 13.4. The molecule has 0 fully saturated rings. The van der Waals surface area contributed by atoms with E-state index < -0.39 is 17.1 Å². The van der Waals surface area contributed by atoms with Crippen LogP contribution in [0.3, 0.4) is 0 Å². The summed E-state index contributed by atoms with van der Waals surface area (Å²) in [6, 6.07) is 0. The maximum Gasteiger partial charge on any atom is 0.326 e. The van der Waals surface area contributed by atoms with Crippen LogP contribution in [-0.2, 0) is 23.7 Å². The molecule has 23 heavy (non-hydrogen) atoms. The third-order valence-electron chi connectivity index (χ3n) is 2.87. The van der Waals surface area contributed by atoms with Crippen molar-refractivity contribution in [1.82, 2.24) is 0 Å². The molecule has 0 saturated heterocycles. The lowest BCUT2D eigenvalue weighted by Crippen LogP contribution is -2.49. The first kappa shape index (κ1) is 22.3. The molecular formula is C16H34N2O5. The lowest BCUT2D eigenvalue weighted by Gasteiger charge is -2.28. The van der Waals surface area contributed by atoms with E-state index in [1.807, 2.05) is 20.8 Å². The second-order valence-electron chi connectivity index (χ2n) is 6.65. The number of carbonyl (C=O) groups excluding carboxylic acids is 1. The number of hydrogen-bond donors (Lipinski definition) is 2. The van der Waals surface area contributed by atoms with Crippen molar-refractivity contribution in [1.29, 1.82) is 0 Å². The first-order chi connectivity index (χ1) is 10.7. The van der Waals surface area contributed by atoms with Gasteiger partial charge in [0.2, 0.25) is 0 Å². The summed E-state index contributed by atoms with van der Waals surface area (Å²) in [5.74, 6) is -0.417. The van der Waals surface area contributed by atoms with E-state index in [4.69, 9.17) is 30.4 Å². The van der Waals surface area contributed by atoms with Gasteiger partial charge in [0.05, 0.1) is 26.4 Å². The van der Waals surface area contributed by atoms with Gasteiger partial charge in [0.15, 0.2) is 0 Å². The van der Waals surface area contributed by atoms with Gasteiger partial charge in [0, 0.05) is 13.2 Å². The summed E-state index contributed by atoms with van der Waals surface area (Å²) in [7, 11) is 0. The number of carbonyl (C=O) groups is 1. The van der Waals surface area contributed by atoms with Gasteiger partial charge in [-0.1, -0.05) is 0 Å². The van der Waals surface area contributed by atoms with Crippen molar-refractivity contribution < 1.29 is 23.7 Å². The standard InChI is InChI=1S/C16H34N2O5/c1-15(2,3)23-14(19)16(4,18)6-9-21-11-13-22-12-10-20-8-5-7-17/h5-13,17-18H2,1-4H3. The number of esters is 1. The normalized spacial score (nSPS) is 14.5. The van der Waals surface area contributed by atoms with Crippen molar-refractivity contribution in [2.45, 2.75) is 51.7 Å². The lowest BCUT2D eigenvalue weighted by atomic mass is 10.00. The number of ether oxygens (including phenoxy) is 4. The van der Waals surface area contributed by atoms with Crippen LogP contribution in [0.5, 0.6) is 0 Å². The van der Waals surface area contributed by atoms with Gasteiger partial charge in [-0.2, -0.15) is 0 Å². The highest BCUT2D eigenvalue weighted by Crippen LogP contribution is 2.15. The Kier molecular flexibility index (Phi) is 11.4. The Bertz CT molecular complexity index is 316. The Morgan fingerprint density at radius 3 is 1.83 bits per heavy atom. The molecule has 0 aromatic carbocycles. The highest BCUT2D eigenvalue weighted by Gasteiger charge is 2.32. The molecule has 138 valence electrons. The minimum atomic E-state index is -1.05. The van der Waals surface area contributed by atoms with Crippen LogP contribution in [0.25, 0.3) is 0 Å². The minimum absolute atomic E-state index is 0.378. The fourth-order valence-electron chi connectivity index (χ4n) is 1.51. The molecule has 1 atom stereocenters. The molecule has 0 aliphatic carbocycles. The first-order valence-electron chi connectivity index (χ1n) is 8.14. The van der Waals surface area contributed by atoms with Crippen molar-refractivity contribution in [3.63, 3.8) is 0 Å². The van der Waals surface area contributed by atoms with E-state index in [0.29, 0.717) is 52.6 Å². The van der Waals surface area contributed by atoms with Gasteiger partial charge in [-0.25, -0.2) is 0 Å². The second kappa shape index (κ2) is 11.8. The largest absolute Gasteiger partial charge is 0.459 e. The molecule has 0 bridgehead atoms. The van der Waals surface area contributed by atoms with E-state index in [2.05, 4.69) is 0 Å². The molecule has 0 amide bonds. The van der Waals surface area contributed by atoms with Crippen molar-refractivity contribution in [2.75, 3.05) is 46.2 Å². The van der Waals surface area contributed by atoms with Crippen LogP contribution in [0.2, 0.25) is 0 Å². The van der Waals surface area contributed by atoms with Gasteiger partial charge < -0.3 is 30.4 Å². The van der Waals surface area contributed by atoms with Gasteiger partial charge in [-0.3, -0.25) is 4.79 Å². The molecule has 0 radical (unpaired) electrons. The zero-order chi connectivity index (χ0) is 17.8. The lowest BCUT2D eigenvalue weighted by molar-refractivity contribution is -0.161. The quantitative estimate of drug-likeness (QED) is 0.379. The second-order valence-corrected chi connectivity index (χ2v) is 6.65. The van der Waals surface area contributed by atoms with Crippen LogP contribution in [0, 0.1) is 0 Å². The van der Waals surface area contributed by atoms with Gasteiger partial charge in [0.1, 0.15) is 11.1 Å². The summed E-state index contributed by atoms with van der Waals surface area (Å²) in [5, 5.41) is 0. The predicted octanol–water partition coefficient (Wildman–Crippen LogP) is 0.834. The summed E-state index contributed by atoms with van der Waals surface area (Å²) < 4.78 is 21.4. The zero-order valence-electron chi connectivity index (χ0n) is 15.1. The highest BCUT2D eigenvalue weighted by atomic mass is 16.6. The number of nitrogens with two attached hydrogens (primary N) is 2. The summed E-state index contributed by atoms with van der Waals surface area (Å²) >= 11 is 0. The molecule has 0 rings (SSSR count). The fourth-order valence-corrected chi connectivity index (χ4v) is 1.51. The van der Waals surface area contributed by atoms with Gasteiger partial charge in [-0.15, -0.1) is 0 Å². The average molecular weight is 334 g/mol. The van der Waals surface area contributed by atoms with Gasteiger partial charge >= 0.3 is 5.97 Å². The molecule has 0 aromatic heterocycles. The molecule has 0 aliphatic rings. The molecule has 7 nitrogen and oxygen atoms in total. The Hall–Kier alpha value is -0.730. The van der Waals surface area contributed by atoms with E-state index in [1.54, 1.807) is 6.92 Å². The van der Waals surface area contributed by atoms with E-state index in [0.717, 1.165) is 6.42 Å². The molecular weight excluding hydrogens is 300 g/mol. The summed E-state index contributed by atoms with van der Waals surface area (Å²) in [6.45, 7) is 10.8. The average Bonchev–Trinajstić information content (AvgIpc) is 2.43. The van der Waals surface area contributed by atoms with Crippen molar-refractivity contribution in [3.8, 4) is 0 Å². The molecule has 0 saturated carbocycles. The minimum Gasteiger partial charge on any atom is -0.459 e. The monoisotopic (exact) mass is 334 g/mol. The van der Waals surface area contributed by atoms with Crippen LogP contribution >= 0.6 is 0 Å². The molecule has 1 unspecified atom stereocenters. The molecule has 0 aromatic rings. The molecule has 7 heteroatoms. The molecule has 0 spiro atoms. The van der Waals surface area contributed by atoms with Crippen LogP contribution in [-0.4, -0.2) is 63.3 Å². The van der Waals surface area contributed by atoms with E-state index in [1.165, 1.54) is 0 Å². The smallest absolute Gasteiger partial charge is 0.326 e. The Labute approximate surface area is 140 Å². The van der Waals surface area contributed by atoms with E-state index >= 15 is 0 Å². The van der Waals surface area contributed by atoms with E-state index in [9.17, 15) is 4.79 Å². The van der Waals surface area contributed by atoms with Crippen LogP contribution < -0.4 is 11.5 Å². The molecule has 4 N–H and O–H groups in total. The maximum atomic E-state index is 11.9. The van der Waals surface area contributed by atoms with Gasteiger partial charge in [0.25, 0.3) is 0 Å². The predicted molar refractivity (Wildman–Crippen MR) is 89.2 cm³/mol. The zero-order valence-corrected chi connectivity index (χ0v) is 15.1. The number of rotatable bonds is 13. The summed E-state index contributed by atoms with van der Waals surface area (Å²) in [5.41, 5.74) is 9.73. The third-order valence-corrected chi connectivity index (χ3v) is 2.87. The fraction of sp³-hybridized carbons (Fsp3) is 0.938. The molecule has 0 aliphatic heterocycles. The summed E-state index contributed by atoms with van der Waals surface area (Å²) in [6.07, 6.45) is 1.25. The SMILES string of the molecule is CC(C)(C)OC(=O)C(C)(N)CCOCCOCCOCCCN.